The van der Waals surface area contributed by atoms with Gasteiger partial charge in [0, 0.05) is 5.70 Å². The number of hydrogen-bond acceptors (Lipinski definition) is 3. The molecule has 0 aromatic rings. The van der Waals surface area contributed by atoms with E-state index in [2.05, 4.69) is 4.84 Å². The van der Waals surface area contributed by atoms with Crippen molar-refractivity contribution in [3.63, 3.8) is 0 Å². The second-order valence-electron chi connectivity index (χ2n) is 1.36. The summed E-state index contributed by atoms with van der Waals surface area (Å²) in [6.07, 6.45) is 0. The first-order chi connectivity index (χ1) is 4.18. The molecule has 0 rings (SSSR count). The molecule has 0 bridgehead atoms. The van der Waals surface area contributed by atoms with Crippen molar-refractivity contribution in [1.82, 2.24) is 0 Å². The molecule has 0 heterocycles. The fourth-order valence-electron chi connectivity index (χ4n) is 0.0929. The minimum Gasteiger partial charge on any atom is -0.414 e. The monoisotopic (exact) mass is 132 g/mol. The van der Waals surface area contributed by atoms with E-state index < -0.39 is 0 Å². The van der Waals surface area contributed by atoms with Gasteiger partial charge in [0.2, 0.25) is 0 Å². The number of rotatable bonds is 1. The van der Waals surface area contributed by atoms with Gasteiger partial charge in [0.15, 0.2) is 0 Å². The van der Waals surface area contributed by atoms with Gasteiger partial charge in [-0.25, -0.2) is 0 Å². The average molecular weight is 132 g/mol. The molecule has 0 aromatic carbocycles. The van der Waals surface area contributed by atoms with Crippen LogP contribution in [-0.2, 0) is 4.84 Å². The SMILES string of the molecule is C/C(N)=C(\C)ON.CC. The van der Waals surface area contributed by atoms with E-state index in [1.807, 2.05) is 13.8 Å². The molecule has 56 valence electrons. The van der Waals surface area contributed by atoms with Crippen molar-refractivity contribution in [3.05, 3.63) is 11.5 Å². The Hall–Kier alpha value is -0.700. The Morgan fingerprint density at radius 2 is 1.56 bits per heavy atom. The zero-order valence-electron chi connectivity index (χ0n) is 6.56. The molecule has 3 heteroatoms. The van der Waals surface area contributed by atoms with Gasteiger partial charge in [0.05, 0.1) is 0 Å². The van der Waals surface area contributed by atoms with Gasteiger partial charge in [-0.3, -0.25) is 0 Å². The average Bonchev–Trinajstić information content (AvgIpc) is 1.91. The van der Waals surface area contributed by atoms with Crippen LogP contribution in [0.1, 0.15) is 27.7 Å². The van der Waals surface area contributed by atoms with Crippen molar-refractivity contribution in [3.8, 4) is 0 Å². The van der Waals surface area contributed by atoms with Crippen LogP contribution in [0.4, 0.5) is 0 Å². The molecule has 0 spiro atoms. The highest BCUT2D eigenvalue weighted by Gasteiger charge is 1.85. The van der Waals surface area contributed by atoms with Gasteiger partial charge in [0.25, 0.3) is 0 Å². The first-order valence-corrected chi connectivity index (χ1v) is 2.98. The summed E-state index contributed by atoms with van der Waals surface area (Å²) in [5.74, 6) is 5.30. The summed E-state index contributed by atoms with van der Waals surface area (Å²) in [7, 11) is 0. The van der Waals surface area contributed by atoms with Gasteiger partial charge in [-0.05, 0) is 13.8 Å². The fraction of sp³-hybridized carbons (Fsp3) is 0.667. The van der Waals surface area contributed by atoms with Crippen molar-refractivity contribution in [1.29, 1.82) is 0 Å². The van der Waals surface area contributed by atoms with Crippen LogP contribution in [0.25, 0.3) is 0 Å². The fourth-order valence-corrected chi connectivity index (χ4v) is 0.0929. The summed E-state index contributed by atoms with van der Waals surface area (Å²) in [5.41, 5.74) is 5.83. The minimum atomic E-state index is 0.569. The summed E-state index contributed by atoms with van der Waals surface area (Å²) in [6, 6.07) is 0. The molecule has 0 unspecified atom stereocenters. The van der Waals surface area contributed by atoms with Crippen LogP contribution in [0.5, 0.6) is 0 Å². The molecule has 9 heavy (non-hydrogen) atoms. The molecule has 0 saturated heterocycles. The van der Waals surface area contributed by atoms with Gasteiger partial charge in [-0.1, -0.05) is 13.8 Å². The summed E-state index contributed by atoms with van der Waals surface area (Å²) >= 11 is 0. The maximum Gasteiger partial charge on any atom is 0.139 e. The molecule has 0 aromatic heterocycles. The Morgan fingerprint density at radius 1 is 1.22 bits per heavy atom. The van der Waals surface area contributed by atoms with E-state index in [9.17, 15) is 0 Å². The molecule has 0 atom stereocenters. The smallest absolute Gasteiger partial charge is 0.139 e. The predicted octanol–water partition coefficient (Wildman–Crippen LogP) is 1.11. The van der Waals surface area contributed by atoms with Crippen LogP contribution in [0.3, 0.4) is 0 Å². The third-order valence-electron chi connectivity index (χ3n) is 0.732. The van der Waals surface area contributed by atoms with Crippen LogP contribution < -0.4 is 11.6 Å². The van der Waals surface area contributed by atoms with Gasteiger partial charge in [0.1, 0.15) is 5.76 Å². The largest absolute Gasteiger partial charge is 0.414 e. The second-order valence-corrected chi connectivity index (χ2v) is 1.36. The molecule has 0 radical (unpaired) electrons. The van der Waals surface area contributed by atoms with Crippen molar-refractivity contribution < 1.29 is 4.84 Å². The summed E-state index contributed by atoms with van der Waals surface area (Å²) in [4.78, 5) is 4.27. The predicted molar refractivity (Wildman–Crippen MR) is 39.2 cm³/mol. The first kappa shape index (κ1) is 11.1. The highest BCUT2D eigenvalue weighted by atomic mass is 16.6. The van der Waals surface area contributed by atoms with Crippen LogP contribution in [0.2, 0.25) is 0 Å². The zero-order chi connectivity index (χ0) is 7.86. The number of allylic oxidation sites excluding steroid dienone is 2. The first-order valence-electron chi connectivity index (χ1n) is 2.98. The van der Waals surface area contributed by atoms with E-state index in [0.717, 1.165) is 0 Å². The van der Waals surface area contributed by atoms with E-state index in [4.69, 9.17) is 11.6 Å². The number of hydrogen-bond donors (Lipinski definition) is 2. The van der Waals surface area contributed by atoms with Crippen molar-refractivity contribution in [2.24, 2.45) is 11.6 Å². The van der Waals surface area contributed by atoms with Gasteiger partial charge in [-0.2, -0.15) is 5.90 Å². The standard InChI is InChI=1S/C4H10N2O.C2H6/c1-3(5)4(2)7-6;1-2/h5-6H2,1-2H3;1-2H3/b4-3-;. The Kier molecular flexibility index (Phi) is 9.04. The molecule has 0 aliphatic carbocycles. The van der Waals surface area contributed by atoms with E-state index in [1.54, 1.807) is 13.8 Å². The molecule has 0 fully saturated rings. The van der Waals surface area contributed by atoms with Gasteiger partial charge in [-0.15, -0.1) is 0 Å². The Morgan fingerprint density at radius 3 is 1.56 bits per heavy atom. The Balaban J connectivity index is 0. The topological polar surface area (TPSA) is 61.3 Å². The molecule has 0 amide bonds. The quantitative estimate of drug-likeness (QED) is 0.415. The lowest BCUT2D eigenvalue weighted by molar-refractivity contribution is 0.218. The zero-order valence-corrected chi connectivity index (χ0v) is 6.56. The molecule has 0 aliphatic heterocycles. The van der Waals surface area contributed by atoms with Gasteiger partial charge >= 0.3 is 0 Å². The lowest BCUT2D eigenvalue weighted by Gasteiger charge is -1.96. The maximum atomic E-state index is 5.22. The summed E-state index contributed by atoms with van der Waals surface area (Å²) in [6.45, 7) is 7.43. The third-order valence-corrected chi connectivity index (χ3v) is 0.732. The lowest BCUT2D eigenvalue weighted by atomic mass is 10.4. The minimum absolute atomic E-state index is 0.569. The van der Waals surface area contributed by atoms with Crippen molar-refractivity contribution in [2.75, 3.05) is 0 Å². The molecular weight excluding hydrogens is 116 g/mol. The molecule has 0 aliphatic rings. The van der Waals surface area contributed by atoms with Gasteiger partial charge < -0.3 is 10.6 Å². The molecule has 4 N–H and O–H groups in total. The van der Waals surface area contributed by atoms with Crippen molar-refractivity contribution >= 4 is 0 Å². The molecule has 3 nitrogen and oxygen atoms in total. The highest BCUT2D eigenvalue weighted by molar-refractivity contribution is 4.96. The molecular formula is C6H16N2O. The maximum absolute atomic E-state index is 5.22. The lowest BCUT2D eigenvalue weighted by Crippen LogP contribution is -2.03. The van der Waals surface area contributed by atoms with Crippen molar-refractivity contribution in [2.45, 2.75) is 27.7 Å². The summed E-state index contributed by atoms with van der Waals surface area (Å²) < 4.78 is 0. The number of nitrogens with two attached hydrogens (primary N) is 2. The Labute approximate surface area is 56.6 Å². The van der Waals surface area contributed by atoms with E-state index in [1.165, 1.54) is 0 Å². The highest BCUT2D eigenvalue weighted by Crippen LogP contribution is 1.92. The van der Waals surface area contributed by atoms with Crippen LogP contribution in [0, 0.1) is 0 Å². The third kappa shape index (κ3) is 7.30. The summed E-state index contributed by atoms with van der Waals surface area (Å²) in [5, 5.41) is 0. The van der Waals surface area contributed by atoms with Crippen LogP contribution in [-0.4, -0.2) is 0 Å². The van der Waals surface area contributed by atoms with E-state index >= 15 is 0 Å². The molecule has 0 saturated carbocycles. The van der Waals surface area contributed by atoms with Crippen LogP contribution >= 0.6 is 0 Å². The normalized spacial score (nSPS) is 10.8. The second kappa shape index (κ2) is 7.30. The van der Waals surface area contributed by atoms with E-state index in [-0.39, 0.29) is 0 Å². The van der Waals surface area contributed by atoms with E-state index in [0.29, 0.717) is 11.5 Å². The van der Waals surface area contributed by atoms with Crippen LogP contribution in [0.15, 0.2) is 11.5 Å². The Bertz CT molecular complexity index is 85.1.